The van der Waals surface area contributed by atoms with Crippen molar-refractivity contribution >= 4 is 59.9 Å². The molecule has 0 aliphatic heterocycles. The van der Waals surface area contributed by atoms with Gasteiger partial charge in [-0.25, -0.2) is 5.43 Å². The molecule has 2 aromatic carbocycles. The Morgan fingerprint density at radius 3 is 2.50 bits per heavy atom. The number of benzene rings is 2. The summed E-state index contributed by atoms with van der Waals surface area (Å²) in [4.78, 5) is 11.8. The van der Waals surface area contributed by atoms with Crippen LogP contribution in [0.1, 0.15) is 12.5 Å². The van der Waals surface area contributed by atoms with Gasteiger partial charge in [-0.15, -0.1) is 0 Å². The molecular formula is C17H15Br3N2O4. The Hall–Kier alpha value is -1.58. The molecule has 0 aliphatic rings. The molecule has 1 amide bonds. The summed E-state index contributed by atoms with van der Waals surface area (Å²) in [5.41, 5.74) is 2.79. The molecule has 0 fully saturated rings. The number of hydrogen-bond acceptors (Lipinski definition) is 5. The van der Waals surface area contributed by atoms with E-state index in [9.17, 15) is 9.90 Å². The van der Waals surface area contributed by atoms with Crippen molar-refractivity contribution in [1.82, 2.24) is 5.43 Å². The zero-order valence-electron chi connectivity index (χ0n) is 13.6. The van der Waals surface area contributed by atoms with Gasteiger partial charge in [-0.1, -0.05) is 15.9 Å². The Balaban J connectivity index is 1.90. The molecule has 6 nitrogen and oxygen atoms in total. The van der Waals surface area contributed by atoms with E-state index in [1.807, 2.05) is 19.1 Å². The van der Waals surface area contributed by atoms with Crippen molar-refractivity contribution in [2.24, 2.45) is 5.10 Å². The van der Waals surface area contributed by atoms with Gasteiger partial charge in [0, 0.05) is 16.1 Å². The summed E-state index contributed by atoms with van der Waals surface area (Å²) in [6, 6.07) is 8.45. The van der Waals surface area contributed by atoms with E-state index in [-0.39, 0.29) is 12.4 Å². The number of phenols is 1. The molecule has 9 heteroatoms. The minimum absolute atomic E-state index is 0.00734. The predicted octanol–water partition coefficient (Wildman–Crippen LogP) is 4.61. The molecular weight excluding hydrogens is 536 g/mol. The van der Waals surface area contributed by atoms with E-state index < -0.39 is 5.91 Å². The standard InChI is InChI=1S/C17H15Br3N2O4/c1-2-25-12-4-3-10(15(23)7-12)8-21-22-16(24)9-26-17-13(19)5-11(18)6-14(17)20/h3-8,23H,2,9H2,1H3,(H,22,24). The van der Waals surface area contributed by atoms with Crippen molar-refractivity contribution in [2.45, 2.75) is 6.92 Å². The van der Waals surface area contributed by atoms with Crippen molar-refractivity contribution in [3.63, 3.8) is 0 Å². The second-order valence-corrected chi connectivity index (χ2v) is 7.56. The Kier molecular flexibility index (Phi) is 7.92. The van der Waals surface area contributed by atoms with E-state index in [2.05, 4.69) is 58.3 Å². The number of nitrogens with one attached hydrogen (secondary N) is 1. The first-order valence-corrected chi connectivity index (χ1v) is 9.83. The quantitative estimate of drug-likeness (QED) is 0.390. The van der Waals surface area contributed by atoms with E-state index in [0.29, 0.717) is 32.6 Å². The number of hydrogen-bond donors (Lipinski definition) is 2. The van der Waals surface area contributed by atoms with E-state index in [1.165, 1.54) is 12.3 Å². The molecule has 0 saturated carbocycles. The summed E-state index contributed by atoms with van der Waals surface area (Å²) < 4.78 is 13.0. The lowest BCUT2D eigenvalue weighted by Crippen LogP contribution is -2.24. The smallest absolute Gasteiger partial charge is 0.277 e. The van der Waals surface area contributed by atoms with Crippen LogP contribution in [0.2, 0.25) is 0 Å². The van der Waals surface area contributed by atoms with Crippen LogP contribution in [-0.2, 0) is 4.79 Å². The summed E-state index contributed by atoms with van der Waals surface area (Å²) in [5, 5.41) is 13.7. The molecule has 0 bridgehead atoms. The maximum absolute atomic E-state index is 11.8. The maximum Gasteiger partial charge on any atom is 0.277 e. The van der Waals surface area contributed by atoms with Crippen LogP contribution in [0.5, 0.6) is 17.2 Å². The number of carbonyl (C=O) groups excluding carboxylic acids is 1. The van der Waals surface area contributed by atoms with Gasteiger partial charge in [0.05, 0.1) is 21.8 Å². The molecule has 0 saturated heterocycles. The highest BCUT2D eigenvalue weighted by atomic mass is 79.9. The van der Waals surface area contributed by atoms with Gasteiger partial charge in [-0.05, 0) is 63.0 Å². The van der Waals surface area contributed by atoms with Gasteiger partial charge in [-0.3, -0.25) is 4.79 Å². The highest BCUT2D eigenvalue weighted by Gasteiger charge is 2.10. The topological polar surface area (TPSA) is 80.2 Å². The molecule has 0 atom stereocenters. The molecule has 2 N–H and O–H groups in total. The summed E-state index contributed by atoms with van der Waals surface area (Å²) in [6.45, 7) is 2.15. The summed E-state index contributed by atoms with van der Waals surface area (Å²) in [5.74, 6) is 0.642. The van der Waals surface area contributed by atoms with Gasteiger partial charge in [0.25, 0.3) is 5.91 Å². The first kappa shape index (κ1) is 20.7. The lowest BCUT2D eigenvalue weighted by atomic mass is 10.2. The van der Waals surface area contributed by atoms with Crippen molar-refractivity contribution in [3.8, 4) is 17.2 Å². The fourth-order valence-electron chi connectivity index (χ4n) is 1.90. The van der Waals surface area contributed by atoms with Crippen LogP contribution in [0, 0.1) is 0 Å². The molecule has 0 heterocycles. The first-order chi connectivity index (χ1) is 12.4. The predicted molar refractivity (Wildman–Crippen MR) is 110 cm³/mol. The zero-order chi connectivity index (χ0) is 19.1. The minimum Gasteiger partial charge on any atom is -0.507 e. The number of rotatable bonds is 7. The molecule has 138 valence electrons. The molecule has 0 unspecified atom stereocenters. The number of amides is 1. The Morgan fingerprint density at radius 1 is 1.19 bits per heavy atom. The number of phenolic OH excluding ortho intramolecular Hbond substituents is 1. The molecule has 0 aliphatic carbocycles. The lowest BCUT2D eigenvalue weighted by molar-refractivity contribution is -0.123. The number of halogens is 3. The average molecular weight is 551 g/mol. The second-order valence-electron chi connectivity index (χ2n) is 4.93. The third kappa shape index (κ3) is 6.00. The zero-order valence-corrected chi connectivity index (χ0v) is 18.4. The fourth-order valence-corrected chi connectivity index (χ4v) is 4.39. The highest BCUT2D eigenvalue weighted by molar-refractivity contribution is 9.11. The van der Waals surface area contributed by atoms with Gasteiger partial charge >= 0.3 is 0 Å². The van der Waals surface area contributed by atoms with Gasteiger partial charge in [0.15, 0.2) is 6.61 Å². The summed E-state index contributed by atoms with van der Waals surface area (Å²) >= 11 is 10.1. The average Bonchev–Trinajstić information content (AvgIpc) is 2.56. The Morgan fingerprint density at radius 2 is 1.88 bits per heavy atom. The van der Waals surface area contributed by atoms with Crippen LogP contribution in [0.3, 0.4) is 0 Å². The van der Waals surface area contributed by atoms with Crippen molar-refractivity contribution in [3.05, 3.63) is 49.3 Å². The van der Waals surface area contributed by atoms with Gasteiger partial charge in [-0.2, -0.15) is 5.10 Å². The van der Waals surface area contributed by atoms with Gasteiger partial charge in [0.2, 0.25) is 0 Å². The monoisotopic (exact) mass is 548 g/mol. The number of hydrazone groups is 1. The summed E-state index contributed by atoms with van der Waals surface area (Å²) in [6.07, 6.45) is 1.34. The van der Waals surface area contributed by atoms with E-state index in [1.54, 1.807) is 12.1 Å². The van der Waals surface area contributed by atoms with Crippen LogP contribution in [0.4, 0.5) is 0 Å². The SMILES string of the molecule is CCOc1ccc(C=NNC(=O)COc2c(Br)cc(Br)cc2Br)c(O)c1. The molecule has 0 spiro atoms. The highest BCUT2D eigenvalue weighted by Crippen LogP contribution is 2.36. The first-order valence-electron chi connectivity index (χ1n) is 7.45. The third-order valence-corrected chi connectivity index (χ3v) is 4.65. The van der Waals surface area contributed by atoms with Crippen LogP contribution in [0.25, 0.3) is 0 Å². The Labute approximate surface area is 176 Å². The third-order valence-electron chi connectivity index (χ3n) is 3.02. The molecule has 26 heavy (non-hydrogen) atoms. The van der Waals surface area contributed by atoms with Gasteiger partial charge in [0.1, 0.15) is 17.2 Å². The number of carbonyl (C=O) groups is 1. The van der Waals surface area contributed by atoms with E-state index >= 15 is 0 Å². The van der Waals surface area contributed by atoms with Crippen molar-refractivity contribution in [1.29, 1.82) is 0 Å². The normalized spacial score (nSPS) is 10.8. The lowest BCUT2D eigenvalue weighted by Gasteiger charge is -2.10. The minimum atomic E-state index is -0.437. The Bertz CT molecular complexity index is 805. The molecule has 2 aromatic rings. The van der Waals surface area contributed by atoms with Crippen LogP contribution in [-0.4, -0.2) is 30.4 Å². The van der Waals surface area contributed by atoms with Crippen LogP contribution in [0.15, 0.2) is 48.9 Å². The van der Waals surface area contributed by atoms with Crippen molar-refractivity contribution in [2.75, 3.05) is 13.2 Å². The summed E-state index contributed by atoms with van der Waals surface area (Å²) in [7, 11) is 0. The largest absolute Gasteiger partial charge is 0.507 e. The number of nitrogens with zero attached hydrogens (tertiary/aromatic N) is 1. The number of aromatic hydroxyl groups is 1. The van der Waals surface area contributed by atoms with E-state index in [4.69, 9.17) is 9.47 Å². The van der Waals surface area contributed by atoms with Gasteiger partial charge < -0.3 is 14.6 Å². The second kappa shape index (κ2) is 9.94. The number of ether oxygens (including phenoxy) is 2. The van der Waals surface area contributed by atoms with Crippen LogP contribution < -0.4 is 14.9 Å². The molecule has 2 rings (SSSR count). The maximum atomic E-state index is 11.8. The van der Waals surface area contributed by atoms with Crippen molar-refractivity contribution < 1.29 is 19.4 Å². The fraction of sp³-hybridized carbons (Fsp3) is 0.176. The van der Waals surface area contributed by atoms with Crippen LogP contribution >= 0.6 is 47.8 Å². The molecule has 0 aromatic heterocycles. The molecule has 0 radical (unpaired) electrons. The van der Waals surface area contributed by atoms with E-state index in [0.717, 1.165) is 4.47 Å².